The van der Waals surface area contributed by atoms with E-state index in [0.29, 0.717) is 22.7 Å². The molecule has 27 heavy (non-hydrogen) atoms. The summed E-state index contributed by atoms with van der Waals surface area (Å²) in [6.45, 7) is -0.217. The SMILES string of the molecule is C#CCNC(=O)c1ccccc1NC(=O)COc1ccc(C#N)cc1OC. The zero-order valence-electron chi connectivity index (χ0n) is 14.6. The molecule has 0 heterocycles. The lowest BCUT2D eigenvalue weighted by Gasteiger charge is -2.13. The van der Waals surface area contributed by atoms with Crippen molar-refractivity contribution in [1.29, 1.82) is 5.26 Å². The molecule has 7 nitrogen and oxygen atoms in total. The summed E-state index contributed by atoms with van der Waals surface area (Å²) in [7, 11) is 1.44. The van der Waals surface area contributed by atoms with Gasteiger partial charge in [0.05, 0.1) is 36.5 Å². The van der Waals surface area contributed by atoms with Crippen molar-refractivity contribution in [3.8, 4) is 29.9 Å². The smallest absolute Gasteiger partial charge is 0.262 e. The molecular weight excluding hydrogens is 346 g/mol. The molecule has 2 rings (SSSR count). The molecule has 0 radical (unpaired) electrons. The van der Waals surface area contributed by atoms with Gasteiger partial charge >= 0.3 is 0 Å². The first-order chi connectivity index (χ1) is 13.1. The summed E-state index contributed by atoms with van der Waals surface area (Å²) in [4.78, 5) is 24.3. The predicted octanol–water partition coefficient (Wildman–Crippen LogP) is 1.95. The summed E-state index contributed by atoms with van der Waals surface area (Å²) >= 11 is 0. The second-order valence-corrected chi connectivity index (χ2v) is 5.25. The monoisotopic (exact) mass is 363 g/mol. The molecule has 136 valence electrons. The number of nitrogens with zero attached hydrogens (tertiary/aromatic N) is 1. The zero-order chi connectivity index (χ0) is 19.6. The van der Waals surface area contributed by atoms with Crippen LogP contribution in [-0.2, 0) is 4.79 Å². The first kappa shape index (κ1) is 19.4. The average Bonchev–Trinajstić information content (AvgIpc) is 2.70. The predicted molar refractivity (Wildman–Crippen MR) is 99.4 cm³/mol. The largest absolute Gasteiger partial charge is 0.493 e. The summed E-state index contributed by atoms with van der Waals surface area (Å²) in [5.41, 5.74) is 1.04. The summed E-state index contributed by atoms with van der Waals surface area (Å²) in [5.74, 6) is 2.13. The fourth-order valence-electron chi connectivity index (χ4n) is 2.20. The van der Waals surface area contributed by atoms with E-state index < -0.39 is 11.8 Å². The van der Waals surface area contributed by atoms with Gasteiger partial charge in [0.15, 0.2) is 18.1 Å². The maximum Gasteiger partial charge on any atom is 0.262 e. The molecule has 0 aliphatic heterocycles. The normalized spacial score (nSPS) is 9.44. The van der Waals surface area contributed by atoms with E-state index in [4.69, 9.17) is 21.2 Å². The Balaban J connectivity index is 2.04. The molecule has 2 aromatic carbocycles. The standard InChI is InChI=1S/C20H17N3O4/c1-3-10-22-20(25)15-6-4-5-7-16(15)23-19(24)13-27-17-9-8-14(12-21)11-18(17)26-2/h1,4-9,11H,10,13H2,2H3,(H,22,25)(H,23,24). The second-order valence-electron chi connectivity index (χ2n) is 5.25. The number of hydrogen-bond donors (Lipinski definition) is 2. The van der Waals surface area contributed by atoms with Gasteiger partial charge < -0.3 is 20.1 Å². The van der Waals surface area contributed by atoms with Crippen LogP contribution in [0.15, 0.2) is 42.5 Å². The second kappa shape index (κ2) is 9.50. The van der Waals surface area contributed by atoms with E-state index in [0.717, 1.165) is 0 Å². The lowest BCUT2D eigenvalue weighted by molar-refractivity contribution is -0.118. The number of benzene rings is 2. The Labute approximate surface area is 156 Å². The third-order valence-electron chi connectivity index (χ3n) is 3.45. The van der Waals surface area contributed by atoms with E-state index in [9.17, 15) is 9.59 Å². The minimum Gasteiger partial charge on any atom is -0.493 e. The van der Waals surface area contributed by atoms with Gasteiger partial charge in [-0.15, -0.1) is 6.42 Å². The highest BCUT2D eigenvalue weighted by Crippen LogP contribution is 2.27. The fourth-order valence-corrected chi connectivity index (χ4v) is 2.20. The Morgan fingerprint density at radius 3 is 2.67 bits per heavy atom. The van der Waals surface area contributed by atoms with E-state index in [1.54, 1.807) is 36.4 Å². The molecule has 0 spiro atoms. The average molecular weight is 363 g/mol. The van der Waals surface area contributed by atoms with E-state index in [2.05, 4.69) is 16.6 Å². The van der Waals surface area contributed by atoms with Crippen LogP contribution < -0.4 is 20.1 Å². The van der Waals surface area contributed by atoms with Crippen molar-refractivity contribution in [2.75, 3.05) is 25.6 Å². The van der Waals surface area contributed by atoms with Gasteiger partial charge in [0.25, 0.3) is 11.8 Å². The molecule has 0 saturated carbocycles. The van der Waals surface area contributed by atoms with Crippen LogP contribution >= 0.6 is 0 Å². The summed E-state index contributed by atoms with van der Waals surface area (Å²) in [5, 5.41) is 14.1. The van der Waals surface area contributed by atoms with Gasteiger partial charge in [-0.3, -0.25) is 9.59 Å². The van der Waals surface area contributed by atoms with Gasteiger partial charge in [-0.2, -0.15) is 5.26 Å². The van der Waals surface area contributed by atoms with Crippen LogP contribution in [0.2, 0.25) is 0 Å². The van der Waals surface area contributed by atoms with Crippen molar-refractivity contribution >= 4 is 17.5 Å². The molecule has 0 unspecified atom stereocenters. The van der Waals surface area contributed by atoms with Crippen LogP contribution in [-0.4, -0.2) is 32.1 Å². The van der Waals surface area contributed by atoms with Crippen molar-refractivity contribution in [2.24, 2.45) is 0 Å². The van der Waals surface area contributed by atoms with E-state index in [-0.39, 0.29) is 18.7 Å². The van der Waals surface area contributed by atoms with Crippen molar-refractivity contribution in [1.82, 2.24) is 5.32 Å². The third kappa shape index (κ3) is 5.25. The quantitative estimate of drug-likeness (QED) is 0.733. The van der Waals surface area contributed by atoms with Crippen molar-refractivity contribution < 1.29 is 19.1 Å². The maximum atomic E-state index is 12.2. The van der Waals surface area contributed by atoms with E-state index >= 15 is 0 Å². The minimum atomic E-state index is -0.460. The molecule has 2 aromatic rings. The highest BCUT2D eigenvalue weighted by Gasteiger charge is 2.14. The van der Waals surface area contributed by atoms with E-state index in [1.807, 2.05) is 6.07 Å². The Hall–Kier alpha value is -3.97. The molecule has 0 saturated heterocycles. The number of terminal acetylenes is 1. The van der Waals surface area contributed by atoms with Crippen molar-refractivity contribution in [3.05, 3.63) is 53.6 Å². The maximum absolute atomic E-state index is 12.2. The zero-order valence-corrected chi connectivity index (χ0v) is 14.6. The number of para-hydroxylation sites is 1. The first-order valence-electron chi connectivity index (χ1n) is 7.90. The number of amides is 2. The number of nitrogens with one attached hydrogen (secondary N) is 2. The molecule has 0 aromatic heterocycles. The number of carbonyl (C=O) groups excluding carboxylic acids is 2. The van der Waals surface area contributed by atoms with Crippen LogP contribution in [0.1, 0.15) is 15.9 Å². The molecule has 7 heteroatoms. The van der Waals surface area contributed by atoms with E-state index in [1.165, 1.54) is 13.2 Å². The van der Waals surface area contributed by atoms with Crippen LogP contribution in [0.5, 0.6) is 11.5 Å². The Morgan fingerprint density at radius 1 is 1.19 bits per heavy atom. The molecule has 2 amide bonds. The highest BCUT2D eigenvalue weighted by atomic mass is 16.5. The summed E-state index contributed by atoms with van der Waals surface area (Å²) in [6, 6.07) is 13.2. The Kier molecular flexibility index (Phi) is 6.81. The summed E-state index contributed by atoms with van der Waals surface area (Å²) < 4.78 is 10.6. The molecule has 0 bridgehead atoms. The molecule has 0 aliphatic carbocycles. The van der Waals surface area contributed by atoms with Gasteiger partial charge in [0.2, 0.25) is 0 Å². The first-order valence-corrected chi connectivity index (χ1v) is 7.90. The van der Waals surface area contributed by atoms with Gasteiger partial charge in [-0.25, -0.2) is 0 Å². The Morgan fingerprint density at radius 2 is 1.96 bits per heavy atom. The number of carbonyl (C=O) groups is 2. The number of ether oxygens (including phenoxy) is 2. The molecule has 0 atom stereocenters. The topological polar surface area (TPSA) is 100 Å². The van der Waals surface area contributed by atoms with Crippen LogP contribution in [0.4, 0.5) is 5.69 Å². The molecular formula is C20H17N3O4. The van der Waals surface area contributed by atoms with Gasteiger partial charge in [0.1, 0.15) is 0 Å². The van der Waals surface area contributed by atoms with Crippen molar-refractivity contribution in [3.63, 3.8) is 0 Å². The highest BCUT2D eigenvalue weighted by molar-refractivity contribution is 6.04. The van der Waals surface area contributed by atoms with Gasteiger partial charge in [0, 0.05) is 6.07 Å². The molecule has 2 N–H and O–H groups in total. The van der Waals surface area contributed by atoms with Crippen LogP contribution in [0, 0.1) is 23.7 Å². The lowest BCUT2D eigenvalue weighted by Crippen LogP contribution is -2.26. The van der Waals surface area contributed by atoms with Gasteiger partial charge in [-0.1, -0.05) is 18.1 Å². The molecule has 0 aliphatic rings. The Bertz CT molecular complexity index is 926. The number of rotatable bonds is 7. The van der Waals surface area contributed by atoms with Crippen LogP contribution in [0.25, 0.3) is 0 Å². The lowest BCUT2D eigenvalue weighted by atomic mass is 10.1. The fraction of sp³-hybridized carbons (Fsp3) is 0.150. The third-order valence-corrected chi connectivity index (χ3v) is 3.45. The number of hydrogen-bond acceptors (Lipinski definition) is 5. The number of methoxy groups -OCH3 is 1. The number of anilines is 1. The number of nitriles is 1. The van der Waals surface area contributed by atoms with Crippen LogP contribution in [0.3, 0.4) is 0 Å². The van der Waals surface area contributed by atoms with Gasteiger partial charge in [-0.05, 0) is 24.3 Å². The summed E-state index contributed by atoms with van der Waals surface area (Å²) in [6.07, 6.45) is 5.13. The molecule has 0 fully saturated rings. The minimum absolute atomic E-state index is 0.0860. The van der Waals surface area contributed by atoms with Crippen molar-refractivity contribution in [2.45, 2.75) is 0 Å².